The number of aliphatic carboxylic acids is 1. The van der Waals surface area contributed by atoms with Crippen molar-refractivity contribution in [3.63, 3.8) is 0 Å². The summed E-state index contributed by atoms with van der Waals surface area (Å²) in [5, 5.41) is 10.8. The third-order valence-corrected chi connectivity index (χ3v) is 3.21. The standard InChI is InChI=1S/C16H14O5/c1-19-12-8-7-10(14-15(21-14)16(17)18)9-13(12)20-11-5-3-2-4-6-11/h2-9,14-15H,1H3,(H,17,18)/p-1. The van der Waals surface area contributed by atoms with Crippen molar-refractivity contribution >= 4 is 5.97 Å². The molecule has 0 aromatic heterocycles. The lowest BCUT2D eigenvalue weighted by atomic mass is 10.1. The molecule has 0 saturated carbocycles. The van der Waals surface area contributed by atoms with Gasteiger partial charge >= 0.3 is 0 Å². The van der Waals surface area contributed by atoms with Crippen LogP contribution in [0.25, 0.3) is 0 Å². The summed E-state index contributed by atoms with van der Waals surface area (Å²) in [5.41, 5.74) is 0.718. The topological polar surface area (TPSA) is 71.1 Å². The number of carbonyl (C=O) groups is 1. The van der Waals surface area contributed by atoms with E-state index in [-0.39, 0.29) is 0 Å². The van der Waals surface area contributed by atoms with Gasteiger partial charge in [-0.3, -0.25) is 0 Å². The van der Waals surface area contributed by atoms with Crippen molar-refractivity contribution in [3.8, 4) is 17.2 Å². The zero-order valence-electron chi connectivity index (χ0n) is 11.3. The second kappa shape index (κ2) is 5.46. The van der Waals surface area contributed by atoms with E-state index in [1.54, 1.807) is 25.3 Å². The normalized spacial score (nSPS) is 19.9. The fourth-order valence-electron chi connectivity index (χ4n) is 2.11. The van der Waals surface area contributed by atoms with Gasteiger partial charge in [-0.2, -0.15) is 0 Å². The first-order chi connectivity index (χ1) is 10.2. The Labute approximate surface area is 121 Å². The zero-order valence-corrected chi connectivity index (χ0v) is 11.3. The highest BCUT2D eigenvalue weighted by Crippen LogP contribution is 2.42. The molecule has 1 fully saturated rings. The van der Waals surface area contributed by atoms with Gasteiger partial charge < -0.3 is 24.1 Å². The van der Waals surface area contributed by atoms with Gasteiger partial charge in [-0.1, -0.05) is 24.3 Å². The monoisotopic (exact) mass is 285 g/mol. The fourth-order valence-corrected chi connectivity index (χ4v) is 2.11. The number of hydrogen-bond acceptors (Lipinski definition) is 5. The number of para-hydroxylation sites is 1. The van der Waals surface area contributed by atoms with E-state index >= 15 is 0 Å². The van der Waals surface area contributed by atoms with Gasteiger partial charge in [0, 0.05) is 0 Å². The summed E-state index contributed by atoms with van der Waals surface area (Å²) in [6, 6.07) is 14.5. The second-order valence-electron chi connectivity index (χ2n) is 4.62. The van der Waals surface area contributed by atoms with Crippen LogP contribution in [0.5, 0.6) is 17.2 Å². The van der Waals surface area contributed by atoms with Gasteiger partial charge in [-0.05, 0) is 29.8 Å². The Morgan fingerprint density at radius 2 is 1.90 bits per heavy atom. The van der Waals surface area contributed by atoms with Crippen LogP contribution in [-0.2, 0) is 9.53 Å². The first-order valence-corrected chi connectivity index (χ1v) is 6.46. The molecule has 1 aliphatic rings. The lowest BCUT2D eigenvalue weighted by molar-refractivity contribution is -0.307. The van der Waals surface area contributed by atoms with Crippen LogP contribution in [0.3, 0.4) is 0 Å². The molecule has 21 heavy (non-hydrogen) atoms. The Bertz CT molecular complexity index is 653. The van der Waals surface area contributed by atoms with Crippen molar-refractivity contribution in [1.82, 2.24) is 0 Å². The average molecular weight is 285 g/mol. The van der Waals surface area contributed by atoms with E-state index in [9.17, 15) is 9.90 Å². The van der Waals surface area contributed by atoms with Gasteiger partial charge in [0.2, 0.25) is 0 Å². The van der Waals surface area contributed by atoms with E-state index in [0.717, 1.165) is 5.56 Å². The molecule has 2 unspecified atom stereocenters. The molecule has 0 aliphatic carbocycles. The van der Waals surface area contributed by atoms with Crippen molar-refractivity contribution in [1.29, 1.82) is 0 Å². The molecule has 0 amide bonds. The number of rotatable bonds is 5. The van der Waals surface area contributed by atoms with E-state index in [1.165, 1.54) is 0 Å². The Morgan fingerprint density at radius 1 is 1.14 bits per heavy atom. The summed E-state index contributed by atoms with van der Waals surface area (Å²) < 4.78 is 16.1. The first-order valence-electron chi connectivity index (χ1n) is 6.46. The molecule has 0 radical (unpaired) electrons. The highest BCUT2D eigenvalue weighted by Gasteiger charge is 2.41. The molecule has 108 valence electrons. The Balaban J connectivity index is 1.86. The van der Waals surface area contributed by atoms with Gasteiger partial charge in [-0.15, -0.1) is 0 Å². The lowest BCUT2D eigenvalue weighted by Gasteiger charge is -2.11. The molecule has 2 aromatic carbocycles. The van der Waals surface area contributed by atoms with Crippen LogP contribution in [0.4, 0.5) is 0 Å². The van der Waals surface area contributed by atoms with Crippen molar-refractivity contribution in [2.24, 2.45) is 0 Å². The van der Waals surface area contributed by atoms with Gasteiger partial charge in [0.25, 0.3) is 0 Å². The maximum atomic E-state index is 10.8. The maximum absolute atomic E-state index is 10.8. The number of carboxylic acid groups (broad SMARTS) is 1. The lowest BCUT2D eigenvalue weighted by Crippen LogP contribution is -2.28. The number of carboxylic acids is 1. The summed E-state index contributed by atoms with van der Waals surface area (Å²) >= 11 is 0. The minimum atomic E-state index is -1.21. The summed E-state index contributed by atoms with van der Waals surface area (Å²) in [4.78, 5) is 10.8. The van der Waals surface area contributed by atoms with Crippen molar-refractivity contribution < 1.29 is 24.1 Å². The summed E-state index contributed by atoms with van der Waals surface area (Å²) in [7, 11) is 1.55. The molecule has 5 nitrogen and oxygen atoms in total. The predicted molar refractivity (Wildman–Crippen MR) is 72.1 cm³/mol. The van der Waals surface area contributed by atoms with Gasteiger partial charge in [0.1, 0.15) is 18.0 Å². The number of carbonyl (C=O) groups excluding carboxylic acids is 1. The predicted octanol–water partition coefficient (Wildman–Crippen LogP) is 1.68. The highest BCUT2D eigenvalue weighted by atomic mass is 16.6. The molecule has 1 aliphatic heterocycles. The van der Waals surface area contributed by atoms with E-state index < -0.39 is 18.2 Å². The number of ether oxygens (including phenoxy) is 3. The van der Waals surface area contributed by atoms with Gasteiger partial charge in [-0.25, -0.2) is 0 Å². The number of hydrogen-bond donors (Lipinski definition) is 0. The van der Waals surface area contributed by atoms with E-state index in [0.29, 0.717) is 17.2 Å². The number of epoxide rings is 1. The van der Waals surface area contributed by atoms with Gasteiger partial charge in [0.05, 0.1) is 13.1 Å². The van der Waals surface area contributed by atoms with Crippen LogP contribution in [-0.4, -0.2) is 19.2 Å². The minimum absolute atomic E-state index is 0.487. The third-order valence-electron chi connectivity index (χ3n) is 3.21. The van der Waals surface area contributed by atoms with Crippen LogP contribution in [0, 0.1) is 0 Å². The summed E-state index contributed by atoms with van der Waals surface area (Å²) in [6.45, 7) is 0. The molecule has 1 saturated heterocycles. The van der Waals surface area contributed by atoms with Crippen molar-refractivity contribution in [2.45, 2.75) is 12.2 Å². The molecule has 3 rings (SSSR count). The molecule has 0 bridgehead atoms. The van der Waals surface area contributed by atoms with Crippen LogP contribution in [0.2, 0.25) is 0 Å². The second-order valence-corrected chi connectivity index (χ2v) is 4.62. The molecule has 2 atom stereocenters. The SMILES string of the molecule is COc1ccc(C2OC2C(=O)[O-])cc1Oc1ccccc1. The summed E-state index contributed by atoms with van der Waals surface area (Å²) in [6.07, 6.45) is -1.37. The largest absolute Gasteiger partial charge is 0.547 e. The van der Waals surface area contributed by atoms with Crippen molar-refractivity contribution in [3.05, 3.63) is 54.1 Å². The average Bonchev–Trinajstić information content (AvgIpc) is 3.29. The van der Waals surface area contributed by atoms with Gasteiger partial charge in [0.15, 0.2) is 11.5 Å². The Hall–Kier alpha value is -2.53. The zero-order chi connectivity index (χ0) is 14.8. The maximum Gasteiger partial charge on any atom is 0.169 e. The van der Waals surface area contributed by atoms with Crippen LogP contribution < -0.4 is 14.6 Å². The van der Waals surface area contributed by atoms with Crippen LogP contribution in [0.15, 0.2) is 48.5 Å². The van der Waals surface area contributed by atoms with E-state index in [1.807, 2.05) is 30.3 Å². The highest BCUT2D eigenvalue weighted by molar-refractivity contribution is 5.74. The number of methoxy groups -OCH3 is 1. The molecule has 1 heterocycles. The number of benzene rings is 2. The van der Waals surface area contributed by atoms with E-state index in [4.69, 9.17) is 14.2 Å². The smallest absolute Gasteiger partial charge is 0.169 e. The summed E-state index contributed by atoms with van der Waals surface area (Å²) in [5.74, 6) is 0.532. The molecule has 0 spiro atoms. The minimum Gasteiger partial charge on any atom is -0.547 e. The molecule has 5 heteroatoms. The Morgan fingerprint density at radius 3 is 2.52 bits per heavy atom. The third kappa shape index (κ3) is 2.83. The van der Waals surface area contributed by atoms with Crippen LogP contribution >= 0.6 is 0 Å². The van der Waals surface area contributed by atoms with E-state index in [2.05, 4.69) is 0 Å². The quantitative estimate of drug-likeness (QED) is 0.782. The molecule has 0 N–H and O–H groups in total. The van der Waals surface area contributed by atoms with Crippen LogP contribution in [0.1, 0.15) is 11.7 Å². The van der Waals surface area contributed by atoms with Crippen molar-refractivity contribution in [2.75, 3.05) is 7.11 Å². The first kappa shape index (κ1) is 13.5. The molecular weight excluding hydrogens is 272 g/mol. The fraction of sp³-hybridized carbons (Fsp3) is 0.188. The Kier molecular flexibility index (Phi) is 3.50. The molecular formula is C16H13O5-. The molecule has 2 aromatic rings.